The number of carbonyl (C=O) groups is 2. The molecule has 1 atom stereocenters. The van der Waals surface area contributed by atoms with Crippen molar-refractivity contribution in [3.05, 3.63) is 0 Å². The van der Waals surface area contributed by atoms with E-state index in [0.717, 1.165) is 6.54 Å². The van der Waals surface area contributed by atoms with Crippen LogP contribution in [-0.2, 0) is 9.59 Å². The Morgan fingerprint density at radius 3 is 2.69 bits per heavy atom. The number of primary amides is 1. The summed E-state index contributed by atoms with van der Waals surface area (Å²) >= 11 is 0. The van der Waals surface area contributed by atoms with Gasteiger partial charge in [-0.3, -0.25) is 14.5 Å². The molecule has 1 heterocycles. The molecule has 1 unspecified atom stereocenters. The van der Waals surface area contributed by atoms with Gasteiger partial charge in [0, 0.05) is 20.1 Å². The molecule has 1 saturated heterocycles. The number of amides is 2. The van der Waals surface area contributed by atoms with Crippen molar-refractivity contribution < 1.29 is 9.59 Å². The number of likely N-dealkylation sites (N-methyl/N-ethyl adjacent to an activating group) is 2. The molecule has 0 aromatic rings. The fraction of sp³-hybridized carbons (Fsp3) is 0.750. The molecule has 2 amide bonds. The van der Waals surface area contributed by atoms with Gasteiger partial charge in [0.05, 0.1) is 12.5 Å². The second-order valence-electron chi connectivity index (χ2n) is 3.43. The molecule has 0 saturated carbocycles. The van der Waals surface area contributed by atoms with Crippen molar-refractivity contribution in [2.75, 3.05) is 27.2 Å². The molecule has 0 spiro atoms. The van der Waals surface area contributed by atoms with Gasteiger partial charge in [0.2, 0.25) is 11.8 Å². The topological polar surface area (TPSA) is 66.6 Å². The van der Waals surface area contributed by atoms with Crippen LogP contribution < -0.4 is 5.73 Å². The molecule has 1 aliphatic rings. The lowest BCUT2D eigenvalue weighted by Gasteiger charge is -2.36. The van der Waals surface area contributed by atoms with Crippen LogP contribution in [0.3, 0.4) is 0 Å². The van der Waals surface area contributed by atoms with Gasteiger partial charge in [0.25, 0.3) is 0 Å². The Morgan fingerprint density at radius 2 is 2.15 bits per heavy atom. The molecule has 0 radical (unpaired) electrons. The van der Waals surface area contributed by atoms with Crippen LogP contribution in [0.5, 0.6) is 0 Å². The largest absolute Gasteiger partial charge is 0.370 e. The highest BCUT2D eigenvalue weighted by Crippen LogP contribution is 2.10. The van der Waals surface area contributed by atoms with Crippen molar-refractivity contribution in [2.24, 2.45) is 5.73 Å². The Morgan fingerprint density at radius 1 is 1.54 bits per heavy atom. The van der Waals surface area contributed by atoms with E-state index in [1.165, 1.54) is 0 Å². The fourth-order valence-corrected chi connectivity index (χ4v) is 1.45. The molecule has 1 fully saturated rings. The van der Waals surface area contributed by atoms with Gasteiger partial charge < -0.3 is 10.6 Å². The smallest absolute Gasteiger partial charge is 0.240 e. The monoisotopic (exact) mass is 185 g/mol. The zero-order chi connectivity index (χ0) is 10.0. The van der Waals surface area contributed by atoms with Crippen LogP contribution in [0.2, 0.25) is 0 Å². The Bertz CT molecular complexity index is 229. The highest BCUT2D eigenvalue weighted by molar-refractivity contribution is 5.88. The summed E-state index contributed by atoms with van der Waals surface area (Å²) in [7, 11) is 3.57. The first kappa shape index (κ1) is 9.98. The third kappa shape index (κ3) is 2.18. The number of carbonyl (C=O) groups excluding carboxylic acids is 2. The van der Waals surface area contributed by atoms with Gasteiger partial charge >= 0.3 is 0 Å². The van der Waals surface area contributed by atoms with Crippen LogP contribution in [0.15, 0.2) is 0 Å². The first-order chi connectivity index (χ1) is 6.02. The zero-order valence-corrected chi connectivity index (χ0v) is 7.99. The third-order valence-corrected chi connectivity index (χ3v) is 2.38. The van der Waals surface area contributed by atoms with Crippen molar-refractivity contribution in [1.82, 2.24) is 9.80 Å². The first-order valence-electron chi connectivity index (χ1n) is 4.26. The molecule has 0 aromatic carbocycles. The SMILES string of the molecule is CN1CCN(C)C(CC(N)=O)C1=O. The number of hydrogen-bond acceptors (Lipinski definition) is 3. The molecule has 0 bridgehead atoms. The predicted octanol–water partition coefficient (Wildman–Crippen LogP) is -1.37. The Hall–Kier alpha value is -1.10. The van der Waals surface area contributed by atoms with Crippen molar-refractivity contribution in [1.29, 1.82) is 0 Å². The summed E-state index contributed by atoms with van der Waals surface area (Å²) in [5.74, 6) is -0.451. The summed E-state index contributed by atoms with van der Waals surface area (Å²) in [5, 5.41) is 0. The summed E-state index contributed by atoms with van der Waals surface area (Å²) in [5.41, 5.74) is 5.06. The number of nitrogens with zero attached hydrogens (tertiary/aromatic N) is 2. The lowest BCUT2D eigenvalue weighted by molar-refractivity contribution is -0.141. The van der Waals surface area contributed by atoms with E-state index in [2.05, 4.69) is 0 Å². The number of nitrogens with two attached hydrogens (primary N) is 1. The van der Waals surface area contributed by atoms with Crippen LogP contribution in [0, 0.1) is 0 Å². The molecular weight excluding hydrogens is 170 g/mol. The minimum Gasteiger partial charge on any atom is -0.370 e. The van der Waals surface area contributed by atoms with E-state index in [1.54, 1.807) is 11.9 Å². The molecule has 2 N–H and O–H groups in total. The molecule has 0 aromatic heterocycles. The van der Waals surface area contributed by atoms with Gasteiger partial charge in [0.15, 0.2) is 0 Å². The average Bonchev–Trinajstić information content (AvgIpc) is 2.05. The number of piperazine rings is 1. The minimum absolute atomic E-state index is 0.0208. The predicted molar refractivity (Wildman–Crippen MR) is 47.9 cm³/mol. The van der Waals surface area contributed by atoms with Crippen LogP contribution in [-0.4, -0.2) is 54.8 Å². The van der Waals surface area contributed by atoms with E-state index in [1.807, 2.05) is 11.9 Å². The standard InChI is InChI=1S/C8H15N3O2/c1-10-3-4-11(2)8(13)6(10)5-7(9)12/h6H,3-5H2,1-2H3,(H2,9,12). The van der Waals surface area contributed by atoms with Gasteiger partial charge in [0.1, 0.15) is 0 Å². The van der Waals surface area contributed by atoms with E-state index in [9.17, 15) is 9.59 Å². The fourth-order valence-electron chi connectivity index (χ4n) is 1.45. The van der Waals surface area contributed by atoms with E-state index >= 15 is 0 Å². The lowest BCUT2D eigenvalue weighted by atomic mass is 10.1. The molecule has 74 valence electrons. The Balaban J connectivity index is 2.66. The number of rotatable bonds is 2. The van der Waals surface area contributed by atoms with Gasteiger partial charge in [-0.2, -0.15) is 0 Å². The first-order valence-corrected chi connectivity index (χ1v) is 4.26. The number of hydrogen-bond donors (Lipinski definition) is 1. The zero-order valence-electron chi connectivity index (χ0n) is 7.99. The quantitative estimate of drug-likeness (QED) is 0.577. The molecule has 5 heteroatoms. The van der Waals surface area contributed by atoms with Crippen LogP contribution >= 0.6 is 0 Å². The highest BCUT2D eigenvalue weighted by Gasteiger charge is 2.31. The maximum Gasteiger partial charge on any atom is 0.240 e. The molecule has 0 aliphatic carbocycles. The highest BCUT2D eigenvalue weighted by atomic mass is 16.2. The van der Waals surface area contributed by atoms with Gasteiger partial charge in [-0.1, -0.05) is 0 Å². The third-order valence-electron chi connectivity index (χ3n) is 2.38. The lowest BCUT2D eigenvalue weighted by Crippen LogP contribution is -2.55. The van der Waals surface area contributed by atoms with Crippen LogP contribution in [0.1, 0.15) is 6.42 Å². The second-order valence-corrected chi connectivity index (χ2v) is 3.43. The summed E-state index contributed by atoms with van der Waals surface area (Å²) in [6, 6.07) is -0.365. The van der Waals surface area contributed by atoms with Gasteiger partial charge in [-0.25, -0.2) is 0 Å². The molecule has 1 rings (SSSR count). The van der Waals surface area contributed by atoms with Crippen LogP contribution in [0.25, 0.3) is 0 Å². The van der Waals surface area contributed by atoms with Crippen molar-refractivity contribution in [3.8, 4) is 0 Å². The molecular formula is C8H15N3O2. The van der Waals surface area contributed by atoms with Crippen molar-refractivity contribution in [3.63, 3.8) is 0 Å². The summed E-state index contributed by atoms with van der Waals surface area (Å²) in [4.78, 5) is 25.7. The maximum atomic E-state index is 11.5. The maximum absolute atomic E-state index is 11.5. The average molecular weight is 185 g/mol. The van der Waals surface area contributed by atoms with Gasteiger partial charge in [-0.15, -0.1) is 0 Å². The molecule has 5 nitrogen and oxygen atoms in total. The Labute approximate surface area is 77.5 Å². The van der Waals surface area contributed by atoms with Crippen molar-refractivity contribution in [2.45, 2.75) is 12.5 Å². The van der Waals surface area contributed by atoms with Gasteiger partial charge in [-0.05, 0) is 7.05 Å². The summed E-state index contributed by atoms with van der Waals surface area (Å²) < 4.78 is 0. The molecule has 1 aliphatic heterocycles. The summed E-state index contributed by atoms with van der Waals surface area (Å²) in [6.45, 7) is 1.50. The normalized spacial score (nSPS) is 24.9. The summed E-state index contributed by atoms with van der Waals surface area (Å²) in [6.07, 6.45) is 0.111. The van der Waals surface area contributed by atoms with E-state index in [-0.39, 0.29) is 18.4 Å². The second kappa shape index (κ2) is 3.74. The van der Waals surface area contributed by atoms with Crippen molar-refractivity contribution >= 4 is 11.8 Å². The minimum atomic E-state index is -0.430. The van der Waals surface area contributed by atoms with E-state index < -0.39 is 5.91 Å². The van der Waals surface area contributed by atoms with E-state index in [0.29, 0.717) is 6.54 Å². The Kier molecular flexibility index (Phi) is 2.87. The molecule has 13 heavy (non-hydrogen) atoms. The van der Waals surface area contributed by atoms with E-state index in [4.69, 9.17) is 5.73 Å². The van der Waals surface area contributed by atoms with Crippen LogP contribution in [0.4, 0.5) is 0 Å².